The molecule has 0 fully saturated rings. The molecule has 1 radical (unpaired) electrons. The highest BCUT2D eigenvalue weighted by molar-refractivity contribution is 5.70. The van der Waals surface area contributed by atoms with Crippen molar-refractivity contribution >= 4 is 0 Å². The summed E-state index contributed by atoms with van der Waals surface area (Å²) in [6.45, 7) is 0. The second-order valence-corrected chi connectivity index (χ2v) is 5.32. The van der Waals surface area contributed by atoms with Gasteiger partial charge in [-0.1, -0.05) is 72.8 Å². The lowest BCUT2D eigenvalue weighted by molar-refractivity contribution is 0.892. The van der Waals surface area contributed by atoms with Gasteiger partial charge in [0.1, 0.15) is 0 Å². The van der Waals surface area contributed by atoms with Gasteiger partial charge in [0.2, 0.25) is 0 Å². The van der Waals surface area contributed by atoms with Crippen LogP contribution in [0.1, 0.15) is 0 Å². The number of benzene rings is 3. The third kappa shape index (κ3) is 2.67. The first kappa shape index (κ1) is 13.5. The molecule has 109 valence electrons. The summed E-state index contributed by atoms with van der Waals surface area (Å²) in [5.74, 6) is 0. The first-order chi connectivity index (χ1) is 11.4. The van der Waals surface area contributed by atoms with Gasteiger partial charge in [0.05, 0.1) is 17.1 Å². The molecule has 1 aromatic heterocycles. The fourth-order valence-corrected chi connectivity index (χ4v) is 2.66. The van der Waals surface area contributed by atoms with Gasteiger partial charge in [0.25, 0.3) is 0 Å². The van der Waals surface area contributed by atoms with E-state index in [9.17, 15) is 0 Å². The maximum absolute atomic E-state index is 4.83. The van der Waals surface area contributed by atoms with Crippen molar-refractivity contribution in [3.8, 4) is 28.2 Å². The molecule has 0 saturated heterocycles. The Labute approximate surface area is 135 Å². The summed E-state index contributed by atoms with van der Waals surface area (Å²) >= 11 is 0. The third-order valence-electron chi connectivity index (χ3n) is 3.79. The molecule has 2 nitrogen and oxygen atoms in total. The smallest absolute Gasteiger partial charge is 0.0934 e. The van der Waals surface area contributed by atoms with Crippen LogP contribution in [0.25, 0.3) is 28.2 Å². The SMILES string of the molecule is [c]1ccc(-c2cc(-c3ccccc3)n(-c3ccccc3)n2)cc1. The Balaban J connectivity index is 1.91. The van der Waals surface area contributed by atoms with Crippen molar-refractivity contribution in [3.63, 3.8) is 0 Å². The van der Waals surface area contributed by atoms with Crippen LogP contribution in [0.3, 0.4) is 0 Å². The molecule has 4 aromatic rings. The number of hydrogen-bond acceptors (Lipinski definition) is 1. The maximum atomic E-state index is 4.83. The molecule has 3 aromatic carbocycles. The largest absolute Gasteiger partial charge is 0.232 e. The van der Waals surface area contributed by atoms with E-state index in [4.69, 9.17) is 5.10 Å². The lowest BCUT2D eigenvalue weighted by Gasteiger charge is -2.07. The van der Waals surface area contributed by atoms with E-state index in [0.717, 1.165) is 28.2 Å². The molecule has 0 spiro atoms. The molecule has 0 bridgehead atoms. The summed E-state index contributed by atoms with van der Waals surface area (Å²) in [5.41, 5.74) is 5.34. The van der Waals surface area contributed by atoms with Crippen LogP contribution in [0.15, 0.2) is 91.0 Å². The minimum atomic E-state index is 0.960. The fourth-order valence-electron chi connectivity index (χ4n) is 2.66. The van der Waals surface area contributed by atoms with Crippen molar-refractivity contribution < 1.29 is 0 Å². The van der Waals surface area contributed by atoms with Crippen molar-refractivity contribution in [2.24, 2.45) is 0 Å². The average Bonchev–Trinajstić information content (AvgIpc) is 3.09. The normalized spacial score (nSPS) is 10.6. The van der Waals surface area contributed by atoms with Crippen LogP contribution in [-0.4, -0.2) is 9.78 Å². The monoisotopic (exact) mass is 295 g/mol. The molecular weight excluding hydrogens is 280 g/mol. The first-order valence-corrected chi connectivity index (χ1v) is 7.59. The topological polar surface area (TPSA) is 17.8 Å². The second kappa shape index (κ2) is 5.93. The summed E-state index contributed by atoms with van der Waals surface area (Å²) in [5, 5.41) is 4.83. The van der Waals surface area contributed by atoms with Crippen molar-refractivity contribution in [1.29, 1.82) is 0 Å². The van der Waals surface area contributed by atoms with Crippen molar-refractivity contribution in [3.05, 3.63) is 97.1 Å². The number of rotatable bonds is 3. The third-order valence-corrected chi connectivity index (χ3v) is 3.79. The predicted octanol–water partition coefficient (Wildman–Crippen LogP) is 5.01. The highest BCUT2D eigenvalue weighted by atomic mass is 15.3. The molecule has 1 heterocycles. The lowest BCUT2D eigenvalue weighted by Crippen LogP contribution is -1.98. The van der Waals surface area contributed by atoms with E-state index < -0.39 is 0 Å². The van der Waals surface area contributed by atoms with E-state index in [1.54, 1.807) is 0 Å². The van der Waals surface area contributed by atoms with Crippen LogP contribution < -0.4 is 0 Å². The molecule has 4 rings (SSSR count). The molecule has 0 aliphatic carbocycles. The van der Waals surface area contributed by atoms with Gasteiger partial charge in [-0.05, 0) is 24.3 Å². The van der Waals surface area contributed by atoms with E-state index in [0.29, 0.717) is 0 Å². The Morgan fingerprint density at radius 1 is 0.696 bits per heavy atom. The minimum absolute atomic E-state index is 0.960. The van der Waals surface area contributed by atoms with Crippen LogP contribution in [-0.2, 0) is 0 Å². The van der Waals surface area contributed by atoms with Gasteiger partial charge >= 0.3 is 0 Å². The van der Waals surface area contributed by atoms with Gasteiger partial charge in [-0.15, -0.1) is 0 Å². The summed E-state index contributed by atoms with van der Waals surface area (Å²) in [6.07, 6.45) is 0. The van der Waals surface area contributed by atoms with Crippen LogP contribution >= 0.6 is 0 Å². The van der Waals surface area contributed by atoms with Gasteiger partial charge < -0.3 is 0 Å². The molecule has 2 heteroatoms. The van der Waals surface area contributed by atoms with E-state index in [1.807, 2.05) is 53.2 Å². The number of hydrogen-bond donors (Lipinski definition) is 0. The molecule has 0 N–H and O–H groups in total. The zero-order chi connectivity index (χ0) is 15.5. The number of para-hydroxylation sites is 1. The molecule has 0 saturated carbocycles. The van der Waals surface area contributed by atoms with E-state index in [-0.39, 0.29) is 0 Å². The van der Waals surface area contributed by atoms with E-state index in [1.165, 1.54) is 0 Å². The highest BCUT2D eigenvalue weighted by Gasteiger charge is 2.12. The van der Waals surface area contributed by atoms with Crippen LogP contribution in [0.5, 0.6) is 0 Å². The highest BCUT2D eigenvalue weighted by Crippen LogP contribution is 2.28. The average molecular weight is 295 g/mol. The van der Waals surface area contributed by atoms with Crippen molar-refractivity contribution in [2.75, 3.05) is 0 Å². The summed E-state index contributed by atoms with van der Waals surface area (Å²) < 4.78 is 2.00. The van der Waals surface area contributed by atoms with Crippen molar-refractivity contribution in [1.82, 2.24) is 9.78 Å². The molecule has 23 heavy (non-hydrogen) atoms. The Hall–Kier alpha value is -3.13. The van der Waals surface area contributed by atoms with Crippen LogP contribution in [0, 0.1) is 6.07 Å². The summed E-state index contributed by atoms with van der Waals surface area (Å²) in [7, 11) is 0. The summed E-state index contributed by atoms with van der Waals surface area (Å²) in [6, 6.07) is 33.7. The fraction of sp³-hybridized carbons (Fsp3) is 0. The van der Waals surface area contributed by atoms with Gasteiger partial charge in [-0.3, -0.25) is 0 Å². The van der Waals surface area contributed by atoms with Crippen LogP contribution in [0.2, 0.25) is 0 Å². The predicted molar refractivity (Wildman–Crippen MR) is 93.3 cm³/mol. The zero-order valence-corrected chi connectivity index (χ0v) is 12.6. The molecule has 0 amide bonds. The Kier molecular flexibility index (Phi) is 3.49. The second-order valence-electron chi connectivity index (χ2n) is 5.32. The first-order valence-electron chi connectivity index (χ1n) is 7.59. The minimum Gasteiger partial charge on any atom is -0.232 e. The standard InChI is InChI=1S/C21H15N2/c1-4-10-17(11-5-1)20-16-21(18-12-6-2-7-13-18)23(22-20)19-14-8-3-9-15-19/h2-16H. The van der Waals surface area contributed by atoms with E-state index in [2.05, 4.69) is 48.5 Å². The Morgan fingerprint density at radius 3 is 2.04 bits per heavy atom. The van der Waals surface area contributed by atoms with Crippen molar-refractivity contribution in [2.45, 2.75) is 0 Å². The van der Waals surface area contributed by atoms with Gasteiger partial charge in [-0.25, -0.2) is 4.68 Å². The zero-order valence-electron chi connectivity index (χ0n) is 12.6. The maximum Gasteiger partial charge on any atom is 0.0934 e. The van der Waals surface area contributed by atoms with Crippen LogP contribution in [0.4, 0.5) is 0 Å². The Morgan fingerprint density at radius 2 is 1.35 bits per heavy atom. The van der Waals surface area contributed by atoms with Gasteiger partial charge in [-0.2, -0.15) is 5.10 Å². The number of aromatic nitrogens is 2. The molecule has 0 unspecified atom stereocenters. The van der Waals surface area contributed by atoms with Gasteiger partial charge in [0.15, 0.2) is 0 Å². The quantitative estimate of drug-likeness (QED) is 0.519. The van der Waals surface area contributed by atoms with Gasteiger partial charge in [0, 0.05) is 11.1 Å². The molecule has 0 aliphatic heterocycles. The molecule has 0 aliphatic rings. The van der Waals surface area contributed by atoms with E-state index >= 15 is 0 Å². The lowest BCUT2D eigenvalue weighted by atomic mass is 10.1. The number of nitrogens with zero attached hydrogens (tertiary/aromatic N) is 2. The summed E-state index contributed by atoms with van der Waals surface area (Å²) in [4.78, 5) is 0. The Bertz CT molecular complexity index is 838. The molecule has 0 atom stereocenters. The molecular formula is C21H15N2.